The van der Waals surface area contributed by atoms with Gasteiger partial charge < -0.3 is 11.1 Å². The summed E-state index contributed by atoms with van der Waals surface area (Å²) >= 11 is 5.75. The first kappa shape index (κ1) is 12.5. The third-order valence-corrected chi connectivity index (χ3v) is 2.43. The number of anilines is 3. The maximum atomic E-state index is 13.5. The van der Waals surface area contributed by atoms with Crippen LogP contribution >= 0.6 is 11.6 Å². The van der Waals surface area contributed by atoms with E-state index in [1.807, 2.05) is 0 Å². The molecule has 0 radical (unpaired) electrons. The highest BCUT2D eigenvalue weighted by Crippen LogP contribution is 2.29. The molecule has 0 aliphatic carbocycles. The normalized spacial score (nSPS) is 10.4. The molecule has 2 aromatic rings. The minimum atomic E-state index is -0.810. The van der Waals surface area contributed by atoms with Gasteiger partial charge in [0.1, 0.15) is 11.6 Å². The van der Waals surface area contributed by atoms with E-state index in [4.69, 9.17) is 17.3 Å². The Labute approximate surface area is 107 Å². The molecule has 1 heterocycles. The summed E-state index contributed by atoms with van der Waals surface area (Å²) in [6.07, 6.45) is 0. The molecule has 3 N–H and O–H groups in total. The molecule has 1 aromatic carbocycles. The summed E-state index contributed by atoms with van der Waals surface area (Å²) in [5, 5.41) is 2.56. The van der Waals surface area contributed by atoms with Crippen LogP contribution in [0.5, 0.6) is 0 Å². The van der Waals surface area contributed by atoms with Gasteiger partial charge in [-0.3, -0.25) is 0 Å². The van der Waals surface area contributed by atoms with Gasteiger partial charge in [0, 0.05) is 17.8 Å². The van der Waals surface area contributed by atoms with Crippen LogP contribution in [0.25, 0.3) is 0 Å². The van der Waals surface area contributed by atoms with Gasteiger partial charge in [0.25, 0.3) is 0 Å². The highest BCUT2D eigenvalue weighted by Gasteiger charge is 2.11. The lowest BCUT2D eigenvalue weighted by molar-refractivity contribution is 0.586. The Kier molecular flexibility index (Phi) is 3.29. The van der Waals surface area contributed by atoms with Gasteiger partial charge in [0.15, 0.2) is 5.82 Å². The highest BCUT2D eigenvalue weighted by atomic mass is 35.5. The van der Waals surface area contributed by atoms with Crippen LogP contribution in [0, 0.1) is 18.6 Å². The molecule has 0 amide bonds. The van der Waals surface area contributed by atoms with Crippen molar-refractivity contribution in [2.24, 2.45) is 0 Å². The zero-order valence-corrected chi connectivity index (χ0v) is 10.1. The maximum Gasteiger partial charge on any atom is 0.222 e. The number of hydrogen-bond donors (Lipinski definition) is 2. The topological polar surface area (TPSA) is 63.8 Å². The lowest BCUT2D eigenvalue weighted by Crippen LogP contribution is -2.03. The van der Waals surface area contributed by atoms with E-state index in [2.05, 4.69) is 15.3 Å². The molecule has 2 rings (SSSR count). The van der Waals surface area contributed by atoms with Gasteiger partial charge in [0.05, 0.1) is 10.7 Å². The highest BCUT2D eigenvalue weighted by molar-refractivity contribution is 6.33. The summed E-state index contributed by atoms with van der Waals surface area (Å²) in [5.74, 6) is -1.22. The Bertz CT molecular complexity index is 560. The van der Waals surface area contributed by atoms with Crippen molar-refractivity contribution >= 4 is 29.1 Å². The van der Waals surface area contributed by atoms with Crippen molar-refractivity contribution in [2.45, 2.75) is 6.92 Å². The first-order valence-corrected chi connectivity index (χ1v) is 5.36. The van der Waals surface area contributed by atoms with Crippen molar-refractivity contribution in [1.29, 1.82) is 0 Å². The van der Waals surface area contributed by atoms with E-state index < -0.39 is 11.6 Å². The van der Waals surface area contributed by atoms with Crippen molar-refractivity contribution in [3.8, 4) is 0 Å². The molecular weight excluding hydrogens is 262 g/mol. The van der Waals surface area contributed by atoms with Crippen molar-refractivity contribution in [3.05, 3.63) is 40.6 Å². The molecule has 94 valence electrons. The average molecular weight is 271 g/mol. The molecular formula is C11H9ClF2N4. The molecule has 0 fully saturated rings. The summed E-state index contributed by atoms with van der Waals surface area (Å²) < 4.78 is 26.4. The second-order valence-corrected chi connectivity index (χ2v) is 4.03. The Morgan fingerprint density at radius 1 is 1.22 bits per heavy atom. The molecule has 7 heteroatoms. The molecule has 0 atom stereocenters. The number of hydrogen-bond acceptors (Lipinski definition) is 4. The molecule has 0 spiro atoms. The van der Waals surface area contributed by atoms with Gasteiger partial charge in [-0.15, -0.1) is 0 Å². The Hall–Kier alpha value is -1.95. The van der Waals surface area contributed by atoms with Crippen molar-refractivity contribution in [2.75, 3.05) is 11.1 Å². The van der Waals surface area contributed by atoms with Gasteiger partial charge in [-0.1, -0.05) is 11.6 Å². The van der Waals surface area contributed by atoms with Crippen LogP contribution in [0.4, 0.5) is 26.2 Å². The van der Waals surface area contributed by atoms with E-state index in [9.17, 15) is 8.78 Å². The van der Waals surface area contributed by atoms with Gasteiger partial charge in [-0.25, -0.2) is 13.8 Å². The fourth-order valence-corrected chi connectivity index (χ4v) is 1.69. The molecule has 1 aromatic heterocycles. The second kappa shape index (κ2) is 4.73. The predicted octanol–water partition coefficient (Wildman–Crippen LogP) is 3.04. The first-order chi connectivity index (χ1) is 8.45. The quantitative estimate of drug-likeness (QED) is 0.880. The zero-order chi connectivity index (χ0) is 13.3. The van der Waals surface area contributed by atoms with E-state index in [1.165, 1.54) is 0 Å². The maximum absolute atomic E-state index is 13.5. The van der Waals surface area contributed by atoms with Gasteiger partial charge in [0.2, 0.25) is 5.95 Å². The Balaban J connectivity index is 2.40. The minimum absolute atomic E-state index is 0.0520. The number of halogens is 3. The lowest BCUT2D eigenvalue weighted by atomic mass is 10.3. The van der Waals surface area contributed by atoms with Crippen LogP contribution < -0.4 is 11.1 Å². The average Bonchev–Trinajstić information content (AvgIpc) is 2.22. The van der Waals surface area contributed by atoms with E-state index in [-0.39, 0.29) is 22.5 Å². The molecule has 0 saturated heterocycles. The van der Waals surface area contributed by atoms with E-state index >= 15 is 0 Å². The molecule has 18 heavy (non-hydrogen) atoms. The van der Waals surface area contributed by atoms with Crippen molar-refractivity contribution in [3.63, 3.8) is 0 Å². The van der Waals surface area contributed by atoms with Crippen LogP contribution in [0.1, 0.15) is 5.69 Å². The standard InChI is InChI=1S/C11H9ClF2N4/c1-5-2-9(18-11(15)16-5)17-10-7(12)3-6(13)4-8(10)14/h2-4H,1H3,(H3,15,16,17,18). The molecule has 0 aliphatic heterocycles. The predicted molar refractivity (Wildman–Crippen MR) is 65.8 cm³/mol. The van der Waals surface area contributed by atoms with Gasteiger partial charge in [-0.05, 0) is 13.0 Å². The third-order valence-electron chi connectivity index (χ3n) is 2.13. The minimum Gasteiger partial charge on any atom is -0.368 e. The molecule has 0 unspecified atom stereocenters. The molecule has 0 aliphatic rings. The van der Waals surface area contributed by atoms with E-state index in [0.29, 0.717) is 5.69 Å². The van der Waals surface area contributed by atoms with E-state index in [1.54, 1.807) is 13.0 Å². The fourth-order valence-electron chi connectivity index (χ4n) is 1.45. The lowest BCUT2D eigenvalue weighted by Gasteiger charge is -2.09. The molecule has 4 nitrogen and oxygen atoms in total. The summed E-state index contributed by atoms with van der Waals surface area (Å²) in [4.78, 5) is 7.75. The zero-order valence-electron chi connectivity index (χ0n) is 9.34. The van der Waals surface area contributed by atoms with Crippen LogP contribution in [0.3, 0.4) is 0 Å². The summed E-state index contributed by atoms with van der Waals surface area (Å²) in [5.41, 5.74) is 6.02. The van der Waals surface area contributed by atoms with Gasteiger partial charge >= 0.3 is 0 Å². The van der Waals surface area contributed by atoms with Crippen LogP contribution in [0.2, 0.25) is 5.02 Å². The first-order valence-electron chi connectivity index (χ1n) is 4.98. The Morgan fingerprint density at radius 2 is 1.94 bits per heavy atom. The largest absolute Gasteiger partial charge is 0.368 e. The van der Waals surface area contributed by atoms with E-state index in [0.717, 1.165) is 12.1 Å². The van der Waals surface area contributed by atoms with Crippen molar-refractivity contribution in [1.82, 2.24) is 9.97 Å². The number of nitrogen functional groups attached to an aromatic ring is 1. The van der Waals surface area contributed by atoms with Crippen LogP contribution in [-0.4, -0.2) is 9.97 Å². The number of aryl methyl sites for hydroxylation is 1. The third kappa shape index (κ3) is 2.65. The second-order valence-electron chi connectivity index (χ2n) is 3.62. The number of benzene rings is 1. The van der Waals surface area contributed by atoms with Crippen LogP contribution in [0.15, 0.2) is 18.2 Å². The molecule has 0 saturated carbocycles. The number of aromatic nitrogens is 2. The SMILES string of the molecule is Cc1cc(Nc2c(F)cc(F)cc2Cl)nc(N)n1. The number of nitrogens with one attached hydrogen (secondary N) is 1. The summed E-state index contributed by atoms with van der Waals surface area (Å²) in [6, 6.07) is 3.30. The summed E-state index contributed by atoms with van der Waals surface area (Å²) in [6.45, 7) is 1.71. The number of nitrogens with two attached hydrogens (primary N) is 1. The fraction of sp³-hybridized carbons (Fsp3) is 0.0909. The summed E-state index contributed by atoms with van der Waals surface area (Å²) in [7, 11) is 0. The smallest absolute Gasteiger partial charge is 0.222 e. The number of rotatable bonds is 2. The number of nitrogens with zero attached hydrogens (tertiary/aromatic N) is 2. The van der Waals surface area contributed by atoms with Crippen molar-refractivity contribution < 1.29 is 8.78 Å². The molecule has 0 bridgehead atoms. The van der Waals surface area contributed by atoms with Crippen LogP contribution in [-0.2, 0) is 0 Å². The van der Waals surface area contributed by atoms with Gasteiger partial charge in [-0.2, -0.15) is 4.98 Å². The Morgan fingerprint density at radius 3 is 2.56 bits per heavy atom. The monoisotopic (exact) mass is 270 g/mol.